The molecule has 0 saturated heterocycles. The van der Waals surface area contributed by atoms with Crippen LogP contribution in [0.1, 0.15) is 10.5 Å². The molecule has 7 nitrogen and oxygen atoms in total. The monoisotopic (exact) mass is 312 g/mol. The summed E-state index contributed by atoms with van der Waals surface area (Å²) in [6.07, 6.45) is 4.52. The van der Waals surface area contributed by atoms with Gasteiger partial charge in [-0.1, -0.05) is 6.08 Å². The highest BCUT2D eigenvalue weighted by Gasteiger charge is 2.12. The summed E-state index contributed by atoms with van der Waals surface area (Å²) in [4.78, 5) is 20.0. The van der Waals surface area contributed by atoms with E-state index in [-0.39, 0.29) is 11.6 Å². The summed E-state index contributed by atoms with van der Waals surface area (Å²) >= 11 is 0. The number of hydrogen-bond donors (Lipinski definition) is 2. The molecule has 2 aromatic rings. The van der Waals surface area contributed by atoms with Gasteiger partial charge in [-0.25, -0.2) is 9.97 Å². The normalized spacial score (nSPS) is 12.3. The zero-order valence-corrected chi connectivity index (χ0v) is 12.4. The topological polar surface area (TPSA) is 85.4 Å². The van der Waals surface area contributed by atoms with Crippen molar-refractivity contribution in [2.24, 2.45) is 0 Å². The molecule has 1 amide bonds. The Hall–Kier alpha value is -3.09. The van der Waals surface area contributed by atoms with Gasteiger partial charge in [0.15, 0.2) is 11.5 Å². The van der Waals surface area contributed by atoms with Gasteiger partial charge >= 0.3 is 0 Å². The highest BCUT2D eigenvalue weighted by Crippen LogP contribution is 2.33. The summed E-state index contributed by atoms with van der Waals surface area (Å²) < 4.78 is 11.0. The van der Waals surface area contributed by atoms with E-state index in [1.807, 2.05) is 18.2 Å². The average Bonchev–Trinajstić information content (AvgIpc) is 2.60. The first-order chi connectivity index (χ1) is 11.3. The summed E-state index contributed by atoms with van der Waals surface area (Å²) in [7, 11) is 0. The first-order valence-corrected chi connectivity index (χ1v) is 7.14. The Kier molecular flexibility index (Phi) is 4.37. The first kappa shape index (κ1) is 14.8. The lowest BCUT2D eigenvalue weighted by Gasteiger charge is -2.19. The molecular weight excluding hydrogens is 296 g/mol. The number of carbonyl (C=O) groups excluding carboxylic acids is 1. The van der Waals surface area contributed by atoms with Gasteiger partial charge in [-0.05, 0) is 12.1 Å². The number of fused-ring (bicyclic) bond motifs is 1. The smallest absolute Gasteiger partial charge is 0.271 e. The minimum Gasteiger partial charge on any atom is -0.486 e. The largest absolute Gasteiger partial charge is 0.486 e. The van der Waals surface area contributed by atoms with Crippen molar-refractivity contribution in [1.29, 1.82) is 0 Å². The van der Waals surface area contributed by atoms with Crippen LogP contribution in [0, 0.1) is 0 Å². The van der Waals surface area contributed by atoms with Crippen molar-refractivity contribution in [2.75, 3.05) is 25.1 Å². The minimum atomic E-state index is -0.289. The molecule has 0 saturated carbocycles. The van der Waals surface area contributed by atoms with Crippen molar-refractivity contribution < 1.29 is 14.3 Å². The Balaban J connectivity index is 1.68. The fourth-order valence-electron chi connectivity index (χ4n) is 2.03. The van der Waals surface area contributed by atoms with Crippen LogP contribution in [0.4, 0.5) is 11.5 Å². The van der Waals surface area contributed by atoms with E-state index in [9.17, 15) is 4.79 Å². The fourth-order valence-corrected chi connectivity index (χ4v) is 2.03. The standard InChI is InChI=1S/C16H16N4O3/c1-2-5-17-16(21)12-9-19-15(10-18-12)20-11-3-4-13-14(8-11)23-7-6-22-13/h2-4,8-10H,1,5-7H2,(H,17,21)(H,19,20). The number of benzene rings is 1. The number of carbonyl (C=O) groups is 1. The molecule has 0 fully saturated rings. The van der Waals surface area contributed by atoms with E-state index in [1.54, 1.807) is 6.08 Å². The number of hydrogen-bond acceptors (Lipinski definition) is 6. The SMILES string of the molecule is C=CCNC(=O)c1cnc(Nc2ccc3c(c2)OCCO3)cn1. The third kappa shape index (κ3) is 3.57. The van der Waals surface area contributed by atoms with Gasteiger partial charge in [-0.3, -0.25) is 4.79 Å². The van der Waals surface area contributed by atoms with Crippen LogP contribution in [-0.4, -0.2) is 35.6 Å². The van der Waals surface area contributed by atoms with Gasteiger partial charge < -0.3 is 20.1 Å². The zero-order chi connectivity index (χ0) is 16.1. The second-order valence-corrected chi connectivity index (χ2v) is 4.77. The Bertz CT molecular complexity index is 716. The van der Waals surface area contributed by atoms with Crippen molar-refractivity contribution in [1.82, 2.24) is 15.3 Å². The highest BCUT2D eigenvalue weighted by atomic mass is 16.6. The van der Waals surface area contributed by atoms with Crippen molar-refractivity contribution in [3.8, 4) is 11.5 Å². The number of rotatable bonds is 5. The Morgan fingerprint density at radius 2 is 2.04 bits per heavy atom. The number of aromatic nitrogens is 2. The summed E-state index contributed by atoms with van der Waals surface area (Å²) in [6.45, 7) is 5.01. The van der Waals surface area contributed by atoms with E-state index >= 15 is 0 Å². The predicted octanol–water partition coefficient (Wildman–Crippen LogP) is 1.91. The molecule has 23 heavy (non-hydrogen) atoms. The zero-order valence-electron chi connectivity index (χ0n) is 12.4. The molecule has 1 aliphatic rings. The van der Waals surface area contributed by atoms with E-state index in [2.05, 4.69) is 27.2 Å². The molecule has 3 rings (SSSR count). The lowest BCUT2D eigenvalue weighted by molar-refractivity contribution is 0.0952. The van der Waals surface area contributed by atoms with Gasteiger partial charge in [0.05, 0.1) is 12.4 Å². The van der Waals surface area contributed by atoms with Gasteiger partial charge in [0.2, 0.25) is 0 Å². The molecule has 0 spiro atoms. The van der Waals surface area contributed by atoms with Crippen LogP contribution in [0.2, 0.25) is 0 Å². The average molecular weight is 312 g/mol. The molecule has 0 atom stereocenters. The van der Waals surface area contributed by atoms with Crippen LogP contribution in [0.15, 0.2) is 43.2 Å². The van der Waals surface area contributed by atoms with Crippen molar-refractivity contribution in [2.45, 2.75) is 0 Å². The molecule has 0 radical (unpaired) electrons. The van der Waals surface area contributed by atoms with Crippen LogP contribution in [-0.2, 0) is 0 Å². The van der Waals surface area contributed by atoms with Crippen molar-refractivity contribution in [3.63, 3.8) is 0 Å². The third-order valence-electron chi connectivity index (χ3n) is 3.11. The highest BCUT2D eigenvalue weighted by molar-refractivity contribution is 5.92. The molecule has 0 aliphatic carbocycles. The molecular formula is C16H16N4O3. The van der Waals surface area contributed by atoms with E-state index in [4.69, 9.17) is 9.47 Å². The Labute approximate surface area is 133 Å². The maximum atomic E-state index is 11.7. The van der Waals surface area contributed by atoms with Crippen LogP contribution < -0.4 is 20.1 Å². The van der Waals surface area contributed by atoms with Crippen LogP contribution >= 0.6 is 0 Å². The van der Waals surface area contributed by atoms with Gasteiger partial charge in [-0.2, -0.15) is 0 Å². The number of amides is 1. The van der Waals surface area contributed by atoms with E-state index in [0.29, 0.717) is 31.3 Å². The van der Waals surface area contributed by atoms with E-state index in [0.717, 1.165) is 11.4 Å². The van der Waals surface area contributed by atoms with E-state index < -0.39 is 0 Å². The molecule has 0 unspecified atom stereocenters. The molecule has 1 aliphatic heterocycles. The van der Waals surface area contributed by atoms with Gasteiger partial charge in [0.25, 0.3) is 5.91 Å². The van der Waals surface area contributed by atoms with Crippen LogP contribution in [0.5, 0.6) is 11.5 Å². The molecule has 2 N–H and O–H groups in total. The molecule has 1 aromatic carbocycles. The number of anilines is 2. The Morgan fingerprint density at radius 3 is 2.78 bits per heavy atom. The molecule has 2 heterocycles. The van der Waals surface area contributed by atoms with Crippen LogP contribution in [0.25, 0.3) is 0 Å². The minimum absolute atomic E-state index is 0.250. The number of nitrogens with one attached hydrogen (secondary N) is 2. The summed E-state index contributed by atoms with van der Waals surface area (Å²) in [6, 6.07) is 5.53. The summed E-state index contributed by atoms with van der Waals surface area (Å²) in [5, 5.41) is 5.75. The maximum absolute atomic E-state index is 11.7. The predicted molar refractivity (Wildman–Crippen MR) is 85.3 cm³/mol. The molecule has 1 aromatic heterocycles. The fraction of sp³-hybridized carbons (Fsp3) is 0.188. The van der Waals surface area contributed by atoms with Crippen LogP contribution in [0.3, 0.4) is 0 Å². The lowest BCUT2D eigenvalue weighted by Crippen LogP contribution is -2.24. The molecule has 7 heteroatoms. The lowest BCUT2D eigenvalue weighted by atomic mass is 10.2. The van der Waals surface area contributed by atoms with Crippen molar-refractivity contribution in [3.05, 3.63) is 48.9 Å². The second kappa shape index (κ2) is 6.78. The van der Waals surface area contributed by atoms with Gasteiger partial charge in [0, 0.05) is 18.3 Å². The van der Waals surface area contributed by atoms with Crippen molar-refractivity contribution >= 4 is 17.4 Å². The third-order valence-corrected chi connectivity index (χ3v) is 3.11. The number of nitrogens with zero attached hydrogens (tertiary/aromatic N) is 2. The summed E-state index contributed by atoms with van der Waals surface area (Å²) in [5.41, 5.74) is 1.05. The number of ether oxygens (including phenoxy) is 2. The maximum Gasteiger partial charge on any atom is 0.271 e. The van der Waals surface area contributed by atoms with Gasteiger partial charge in [0.1, 0.15) is 24.7 Å². The molecule has 0 bridgehead atoms. The first-order valence-electron chi connectivity index (χ1n) is 7.14. The van der Waals surface area contributed by atoms with Gasteiger partial charge in [-0.15, -0.1) is 6.58 Å². The van der Waals surface area contributed by atoms with E-state index in [1.165, 1.54) is 12.4 Å². The Morgan fingerprint density at radius 1 is 1.22 bits per heavy atom. The second-order valence-electron chi connectivity index (χ2n) is 4.77. The summed E-state index contributed by atoms with van der Waals surface area (Å²) in [5.74, 6) is 1.65. The molecule has 118 valence electrons. The quantitative estimate of drug-likeness (QED) is 0.820.